The predicted molar refractivity (Wildman–Crippen MR) is 138 cm³/mol. The van der Waals surface area contributed by atoms with Gasteiger partial charge in [-0.2, -0.15) is 0 Å². The highest BCUT2D eigenvalue weighted by Gasteiger charge is 2.48. The molecule has 3 aromatic rings. The van der Waals surface area contributed by atoms with E-state index in [2.05, 4.69) is 19.1 Å². The summed E-state index contributed by atoms with van der Waals surface area (Å²) in [7, 11) is 1.23. The lowest BCUT2D eigenvalue weighted by molar-refractivity contribution is 0.135. The van der Waals surface area contributed by atoms with Gasteiger partial charge in [0.05, 0.1) is 25.7 Å². The summed E-state index contributed by atoms with van der Waals surface area (Å²) in [4.78, 5) is 10.2. The molecule has 3 rings (SSSR count). The number of rotatable bonds is 10. The Morgan fingerprint density at radius 1 is 0.824 bits per heavy atom. The Kier molecular flexibility index (Phi) is 11.5. The van der Waals surface area contributed by atoms with Gasteiger partial charge in [-0.25, -0.2) is 0 Å². The smallest absolute Gasteiger partial charge is 0.250 e. The molecule has 184 valence electrons. The zero-order chi connectivity index (χ0) is 25.0. The number of hydrogen-bond acceptors (Lipinski definition) is 6. The van der Waals surface area contributed by atoms with Crippen molar-refractivity contribution in [3.8, 4) is 11.5 Å². The zero-order valence-corrected chi connectivity index (χ0v) is 21.2. The van der Waals surface area contributed by atoms with Crippen LogP contribution in [0.25, 0.3) is 0 Å². The summed E-state index contributed by atoms with van der Waals surface area (Å²) in [6.45, 7) is 4.02. The van der Waals surface area contributed by atoms with Gasteiger partial charge in [-0.3, -0.25) is 5.50 Å². The lowest BCUT2D eigenvalue weighted by Crippen LogP contribution is -2.43. The van der Waals surface area contributed by atoms with E-state index in [1.165, 1.54) is 0 Å². The molecule has 0 bridgehead atoms. The lowest BCUT2D eigenvalue weighted by atomic mass is 9.64. The summed E-state index contributed by atoms with van der Waals surface area (Å²) in [5.41, 5.74) is 7.84. The van der Waals surface area contributed by atoms with Crippen molar-refractivity contribution in [2.45, 2.75) is 38.2 Å². The molecule has 0 aliphatic rings. The van der Waals surface area contributed by atoms with E-state index in [4.69, 9.17) is 24.6 Å². The molecule has 0 saturated carbocycles. The highest BCUT2D eigenvalue weighted by Crippen LogP contribution is 2.52. The maximum Gasteiger partial charge on any atom is 0.250 e. The number of methoxy groups -OCH3 is 2. The number of nitrogens with two attached hydrogens (primary N) is 1. The van der Waals surface area contributed by atoms with Crippen molar-refractivity contribution in [1.82, 2.24) is 0 Å². The second-order valence-electron chi connectivity index (χ2n) is 7.58. The van der Waals surface area contributed by atoms with Gasteiger partial charge in [0.25, 0.3) is 0 Å². The van der Waals surface area contributed by atoms with Crippen molar-refractivity contribution >= 4 is 8.53 Å². The van der Waals surface area contributed by atoms with Gasteiger partial charge in [-0.05, 0) is 31.0 Å². The Morgan fingerprint density at radius 3 is 1.68 bits per heavy atom. The van der Waals surface area contributed by atoms with E-state index in [0.717, 1.165) is 34.6 Å². The molecule has 3 aromatic carbocycles. The Balaban J connectivity index is 0.00000129. The average molecular weight is 486 g/mol. The van der Waals surface area contributed by atoms with Crippen LogP contribution in [0.15, 0.2) is 78.9 Å². The van der Waals surface area contributed by atoms with Crippen molar-refractivity contribution in [2.24, 2.45) is 5.50 Å². The van der Waals surface area contributed by atoms with Crippen LogP contribution in [0.5, 0.6) is 11.5 Å². The van der Waals surface area contributed by atoms with E-state index in [1.807, 2.05) is 66.7 Å². The van der Waals surface area contributed by atoms with E-state index >= 15 is 0 Å². The van der Waals surface area contributed by atoms with E-state index in [9.17, 15) is 4.89 Å². The van der Waals surface area contributed by atoms with Crippen molar-refractivity contribution in [1.29, 1.82) is 0 Å². The number of benzene rings is 3. The van der Waals surface area contributed by atoms with Crippen LogP contribution in [-0.4, -0.2) is 36.9 Å². The van der Waals surface area contributed by atoms with Gasteiger partial charge >= 0.3 is 0 Å². The molecule has 7 heteroatoms. The molecule has 0 saturated heterocycles. The van der Waals surface area contributed by atoms with Gasteiger partial charge in [0.1, 0.15) is 11.5 Å². The number of hydrogen-bond donors (Lipinski definition) is 3. The normalized spacial score (nSPS) is 12.8. The number of aliphatic hydroxyl groups excluding tert-OH is 1. The number of aliphatic hydroxyl groups is 1. The summed E-state index contributed by atoms with van der Waals surface area (Å²) in [5, 5.41) is 7.57. The Morgan fingerprint density at radius 2 is 1.26 bits per heavy atom. The molecule has 0 aliphatic heterocycles. The van der Waals surface area contributed by atoms with Crippen LogP contribution < -0.4 is 15.0 Å². The molecule has 0 heterocycles. The Bertz CT molecular complexity index is 936. The summed E-state index contributed by atoms with van der Waals surface area (Å²) in [6, 6.07) is 25.9. The first-order chi connectivity index (χ1) is 16.5. The first-order valence-electron chi connectivity index (χ1n) is 11.3. The molecule has 6 nitrogen and oxygen atoms in total. The topological polar surface area (TPSA) is 94.2 Å². The molecule has 34 heavy (non-hydrogen) atoms. The van der Waals surface area contributed by atoms with Gasteiger partial charge in [0.15, 0.2) is 0 Å². The highest BCUT2D eigenvalue weighted by atomic mass is 31.2. The minimum absolute atomic E-state index is 0.250. The minimum Gasteiger partial charge on any atom is -0.496 e. The monoisotopic (exact) mass is 485 g/mol. The second kappa shape index (κ2) is 14.1. The van der Waals surface area contributed by atoms with E-state index < -0.39 is 20.0 Å². The fourth-order valence-electron chi connectivity index (χ4n) is 4.37. The fourth-order valence-corrected chi connectivity index (χ4v) is 4.90. The van der Waals surface area contributed by atoms with Crippen molar-refractivity contribution in [3.63, 3.8) is 0 Å². The Hall–Kier alpha value is -2.47. The lowest BCUT2D eigenvalue weighted by Gasteiger charge is -2.43. The van der Waals surface area contributed by atoms with Crippen LogP contribution in [-0.2, 0) is 9.94 Å². The van der Waals surface area contributed by atoms with Crippen LogP contribution in [0, 0.1) is 0 Å². The summed E-state index contributed by atoms with van der Waals surface area (Å²) < 4.78 is 17.7. The fraction of sp³-hybridized carbons (Fsp3) is 0.333. The largest absolute Gasteiger partial charge is 0.496 e. The van der Waals surface area contributed by atoms with Crippen LogP contribution in [0.3, 0.4) is 0 Å². The first-order valence-corrected chi connectivity index (χ1v) is 12.6. The van der Waals surface area contributed by atoms with Crippen LogP contribution in [0.4, 0.5) is 0 Å². The first kappa shape index (κ1) is 27.8. The predicted octanol–water partition coefficient (Wildman–Crippen LogP) is 5.40. The maximum absolute atomic E-state index is 10.2. The van der Waals surface area contributed by atoms with E-state index in [0.29, 0.717) is 6.42 Å². The van der Waals surface area contributed by atoms with Crippen LogP contribution in [0.2, 0.25) is 0 Å². The van der Waals surface area contributed by atoms with Gasteiger partial charge in [0.2, 0.25) is 8.53 Å². The van der Waals surface area contributed by atoms with Gasteiger partial charge < -0.3 is 24.0 Å². The van der Waals surface area contributed by atoms with Gasteiger partial charge in [-0.15, -0.1) is 0 Å². The third-order valence-electron chi connectivity index (χ3n) is 5.56. The molecule has 0 radical (unpaired) electrons. The third kappa shape index (κ3) is 6.15. The van der Waals surface area contributed by atoms with Crippen molar-refractivity contribution in [3.05, 3.63) is 95.6 Å². The van der Waals surface area contributed by atoms with Gasteiger partial charge in [-0.1, -0.05) is 80.1 Å². The highest BCUT2D eigenvalue weighted by molar-refractivity contribution is 7.43. The Labute approximate surface area is 204 Å². The molecule has 0 amide bonds. The zero-order valence-electron chi connectivity index (χ0n) is 20.3. The van der Waals surface area contributed by atoms with Crippen LogP contribution >= 0.6 is 8.53 Å². The van der Waals surface area contributed by atoms with Gasteiger partial charge in [0, 0.05) is 17.7 Å². The minimum atomic E-state index is -2.10. The standard InChI is InChI=1S/C25H30NO4P.C2H6O/c1-4-12-24(30-31(26)27)25(19-13-6-5-7-14-19,20-15-8-10-17-22(20)28-2)21-16-9-11-18-23(21)29-3;1-2-3/h5-11,13-18,24,27H,4,12,26H2,1-3H3;3H,2H2,1H3. The van der Waals surface area contributed by atoms with Crippen molar-refractivity contribution in [2.75, 3.05) is 20.8 Å². The number of ether oxygens (including phenoxy) is 2. The molecule has 2 atom stereocenters. The molecule has 0 aromatic heterocycles. The molecule has 4 N–H and O–H groups in total. The van der Waals surface area contributed by atoms with Crippen LogP contribution in [0.1, 0.15) is 43.4 Å². The molecular formula is C27H36NO5P. The molecule has 0 spiro atoms. The quantitative estimate of drug-likeness (QED) is 0.263. The SMILES string of the molecule is CCCC(OP(N)O)C(c1ccccc1)(c1ccccc1OC)c1ccccc1OC.CCO. The molecule has 0 aliphatic carbocycles. The van der Waals surface area contributed by atoms with Crippen molar-refractivity contribution < 1.29 is 24.0 Å². The second-order valence-corrected chi connectivity index (χ2v) is 8.39. The maximum atomic E-state index is 10.2. The number of para-hydroxylation sites is 2. The molecule has 2 unspecified atom stereocenters. The summed E-state index contributed by atoms with van der Waals surface area (Å²) in [6.07, 6.45) is 1.04. The molecule has 0 fully saturated rings. The third-order valence-corrected chi connectivity index (χ3v) is 6.03. The summed E-state index contributed by atoms with van der Waals surface area (Å²) >= 11 is 0. The summed E-state index contributed by atoms with van der Waals surface area (Å²) in [5.74, 6) is 1.45. The molecular weight excluding hydrogens is 449 g/mol. The van der Waals surface area contributed by atoms with E-state index in [-0.39, 0.29) is 6.61 Å². The average Bonchev–Trinajstić information content (AvgIpc) is 2.86. The van der Waals surface area contributed by atoms with E-state index in [1.54, 1.807) is 21.1 Å².